The fraction of sp³-hybridized carbons (Fsp3) is 1.00. The molecule has 1 aliphatic carbocycles. The van der Waals surface area contributed by atoms with Crippen LogP contribution in [0.5, 0.6) is 0 Å². The van der Waals surface area contributed by atoms with Crippen molar-refractivity contribution in [3.05, 3.63) is 0 Å². The molecule has 0 spiro atoms. The summed E-state index contributed by atoms with van der Waals surface area (Å²) in [5.41, 5.74) is 0. The molecule has 0 aliphatic heterocycles. The summed E-state index contributed by atoms with van der Waals surface area (Å²) in [6.45, 7) is 0. The molecule has 0 radical (unpaired) electrons. The van der Waals surface area contributed by atoms with Gasteiger partial charge in [-0.1, -0.05) is 6.42 Å². The van der Waals surface area contributed by atoms with E-state index in [2.05, 4.69) is 0 Å². The van der Waals surface area contributed by atoms with Crippen LogP contribution >= 0.6 is 23.2 Å². The van der Waals surface area contributed by atoms with E-state index in [9.17, 15) is 0 Å². The van der Waals surface area contributed by atoms with E-state index in [4.69, 9.17) is 23.2 Å². The molecule has 1 rings (SSSR count). The van der Waals surface area contributed by atoms with E-state index in [0.717, 1.165) is 12.8 Å². The highest BCUT2D eigenvalue weighted by Gasteiger charge is 2.22. The van der Waals surface area contributed by atoms with Crippen LogP contribution in [0.1, 0.15) is 19.3 Å². The molecule has 1 saturated carbocycles. The minimum atomic E-state index is 0.252. The number of hydrogen-bond donors (Lipinski definition) is 0. The Kier molecular flexibility index (Phi) is 1.82. The van der Waals surface area contributed by atoms with Gasteiger partial charge in [-0.15, -0.1) is 23.2 Å². The maximum Gasteiger partial charge on any atom is 0.0499 e. The van der Waals surface area contributed by atoms with Crippen molar-refractivity contribution < 1.29 is 0 Å². The SMILES string of the molecule is Cl[C@H]1CCC[C@@H]1Cl. The van der Waals surface area contributed by atoms with E-state index >= 15 is 0 Å². The van der Waals surface area contributed by atoms with Crippen LogP contribution in [-0.2, 0) is 0 Å². The van der Waals surface area contributed by atoms with Gasteiger partial charge in [0, 0.05) is 10.8 Å². The summed E-state index contributed by atoms with van der Waals surface area (Å²) in [5, 5.41) is 0.503. The smallest absolute Gasteiger partial charge is 0.0499 e. The highest BCUT2D eigenvalue weighted by Crippen LogP contribution is 2.27. The van der Waals surface area contributed by atoms with E-state index in [1.54, 1.807) is 0 Å². The first-order valence-corrected chi connectivity index (χ1v) is 3.46. The van der Waals surface area contributed by atoms with Crippen molar-refractivity contribution in [1.29, 1.82) is 0 Å². The lowest BCUT2D eigenvalue weighted by Gasteiger charge is -1.99. The van der Waals surface area contributed by atoms with Crippen molar-refractivity contribution in [2.24, 2.45) is 0 Å². The van der Waals surface area contributed by atoms with Crippen LogP contribution in [0.4, 0.5) is 0 Å². The van der Waals surface area contributed by atoms with Crippen molar-refractivity contribution in [1.82, 2.24) is 0 Å². The van der Waals surface area contributed by atoms with Gasteiger partial charge in [0.1, 0.15) is 0 Å². The number of rotatable bonds is 0. The van der Waals surface area contributed by atoms with E-state index in [0.29, 0.717) is 0 Å². The summed E-state index contributed by atoms with van der Waals surface area (Å²) >= 11 is 11.5. The summed E-state index contributed by atoms with van der Waals surface area (Å²) in [6.07, 6.45) is 3.42. The molecule has 0 saturated heterocycles. The topological polar surface area (TPSA) is 0 Å². The third kappa shape index (κ3) is 1.23. The molecule has 42 valence electrons. The molecule has 0 amide bonds. The summed E-state index contributed by atoms with van der Waals surface area (Å²) in [7, 11) is 0. The quantitative estimate of drug-likeness (QED) is 0.452. The molecule has 0 heterocycles. The highest BCUT2D eigenvalue weighted by molar-refractivity contribution is 6.30. The van der Waals surface area contributed by atoms with Gasteiger partial charge in [0.05, 0.1) is 0 Å². The fourth-order valence-corrected chi connectivity index (χ4v) is 1.43. The zero-order chi connectivity index (χ0) is 5.28. The van der Waals surface area contributed by atoms with E-state index in [1.807, 2.05) is 0 Å². The van der Waals surface area contributed by atoms with Gasteiger partial charge >= 0.3 is 0 Å². The van der Waals surface area contributed by atoms with Crippen molar-refractivity contribution in [3.8, 4) is 0 Å². The first-order chi connectivity index (χ1) is 3.30. The number of hydrogen-bond acceptors (Lipinski definition) is 0. The van der Waals surface area contributed by atoms with Crippen molar-refractivity contribution in [3.63, 3.8) is 0 Å². The molecular formula is C5H8Cl2. The van der Waals surface area contributed by atoms with E-state index in [-0.39, 0.29) is 10.8 Å². The molecule has 7 heavy (non-hydrogen) atoms. The Balaban J connectivity index is 2.33. The zero-order valence-electron chi connectivity index (χ0n) is 4.03. The van der Waals surface area contributed by atoms with Crippen LogP contribution < -0.4 is 0 Å². The Bertz CT molecular complexity index is 55.1. The van der Waals surface area contributed by atoms with Gasteiger partial charge in [-0.05, 0) is 12.8 Å². The first kappa shape index (κ1) is 5.71. The standard InChI is InChI=1S/C5H8Cl2/c6-4-2-1-3-5(4)7/h4-5H,1-3H2/t4-,5-/m0/s1. The maximum absolute atomic E-state index is 5.73. The molecule has 0 unspecified atom stereocenters. The molecular weight excluding hydrogens is 131 g/mol. The monoisotopic (exact) mass is 138 g/mol. The predicted octanol–water partition coefficient (Wildman–Crippen LogP) is 2.39. The Morgan fingerprint density at radius 2 is 1.43 bits per heavy atom. The second-order valence-corrected chi connectivity index (χ2v) is 3.08. The molecule has 0 aromatic heterocycles. The molecule has 1 aliphatic rings. The number of alkyl halides is 2. The predicted molar refractivity (Wildman–Crippen MR) is 33.1 cm³/mol. The third-order valence-electron chi connectivity index (χ3n) is 1.35. The fourth-order valence-electron chi connectivity index (χ4n) is 0.870. The molecule has 0 aromatic carbocycles. The van der Waals surface area contributed by atoms with Gasteiger partial charge < -0.3 is 0 Å². The summed E-state index contributed by atoms with van der Waals surface area (Å²) in [5.74, 6) is 0. The van der Waals surface area contributed by atoms with Crippen LogP contribution in [0.3, 0.4) is 0 Å². The largest absolute Gasteiger partial charge is 0.121 e. The van der Waals surface area contributed by atoms with Gasteiger partial charge in [0.15, 0.2) is 0 Å². The lowest BCUT2D eigenvalue weighted by molar-refractivity contribution is 0.888. The lowest BCUT2D eigenvalue weighted by Crippen LogP contribution is -2.03. The zero-order valence-corrected chi connectivity index (χ0v) is 5.54. The van der Waals surface area contributed by atoms with E-state index < -0.39 is 0 Å². The first-order valence-electron chi connectivity index (χ1n) is 2.59. The van der Waals surface area contributed by atoms with Crippen molar-refractivity contribution in [2.75, 3.05) is 0 Å². The normalized spacial score (nSPS) is 42.0. The summed E-state index contributed by atoms with van der Waals surface area (Å²) < 4.78 is 0. The molecule has 1 fully saturated rings. The van der Waals surface area contributed by atoms with Crippen LogP contribution in [0, 0.1) is 0 Å². The second-order valence-electron chi connectivity index (χ2n) is 1.96. The number of halogens is 2. The third-order valence-corrected chi connectivity index (χ3v) is 2.53. The minimum Gasteiger partial charge on any atom is -0.121 e. The average Bonchev–Trinajstić information content (AvgIpc) is 1.91. The molecule has 0 aromatic rings. The molecule has 0 bridgehead atoms. The summed E-state index contributed by atoms with van der Waals surface area (Å²) in [6, 6.07) is 0. The Labute approximate surface area is 53.8 Å². The van der Waals surface area contributed by atoms with Gasteiger partial charge in [0.2, 0.25) is 0 Å². The van der Waals surface area contributed by atoms with Gasteiger partial charge in [-0.25, -0.2) is 0 Å². The van der Waals surface area contributed by atoms with Gasteiger partial charge in [0.25, 0.3) is 0 Å². The minimum absolute atomic E-state index is 0.252. The molecule has 0 nitrogen and oxygen atoms in total. The summed E-state index contributed by atoms with van der Waals surface area (Å²) in [4.78, 5) is 0. The molecule has 2 atom stereocenters. The van der Waals surface area contributed by atoms with Crippen LogP contribution in [-0.4, -0.2) is 10.8 Å². The second kappa shape index (κ2) is 2.23. The van der Waals surface area contributed by atoms with Crippen LogP contribution in [0.2, 0.25) is 0 Å². The van der Waals surface area contributed by atoms with Gasteiger partial charge in [-0.3, -0.25) is 0 Å². The highest BCUT2D eigenvalue weighted by atomic mass is 35.5. The van der Waals surface area contributed by atoms with Gasteiger partial charge in [-0.2, -0.15) is 0 Å². The lowest BCUT2D eigenvalue weighted by atomic mass is 10.4. The molecule has 0 N–H and O–H groups in total. The molecule has 2 heteroatoms. The Morgan fingerprint density at radius 1 is 1.00 bits per heavy atom. The van der Waals surface area contributed by atoms with Crippen LogP contribution in [0.25, 0.3) is 0 Å². The van der Waals surface area contributed by atoms with Crippen LogP contribution in [0.15, 0.2) is 0 Å². The van der Waals surface area contributed by atoms with Crippen molar-refractivity contribution >= 4 is 23.2 Å². The average molecular weight is 139 g/mol. The Hall–Kier alpha value is 0.580. The van der Waals surface area contributed by atoms with Crippen molar-refractivity contribution in [2.45, 2.75) is 30.0 Å². The Morgan fingerprint density at radius 3 is 1.57 bits per heavy atom. The van der Waals surface area contributed by atoms with E-state index in [1.165, 1.54) is 6.42 Å². The maximum atomic E-state index is 5.73.